The minimum absolute atomic E-state index is 0.0959. The van der Waals surface area contributed by atoms with Crippen molar-refractivity contribution in [2.75, 3.05) is 13.2 Å². The van der Waals surface area contributed by atoms with E-state index in [0.717, 1.165) is 31.2 Å². The highest BCUT2D eigenvalue weighted by atomic mass is 19.1. The van der Waals surface area contributed by atoms with Gasteiger partial charge >= 0.3 is 0 Å². The van der Waals surface area contributed by atoms with Gasteiger partial charge in [-0.25, -0.2) is 4.39 Å². The predicted molar refractivity (Wildman–Crippen MR) is 75.5 cm³/mol. The summed E-state index contributed by atoms with van der Waals surface area (Å²) in [5.41, 5.74) is 1.19. The average Bonchev–Trinajstić information content (AvgIpc) is 2.93. The van der Waals surface area contributed by atoms with Gasteiger partial charge in [-0.1, -0.05) is 6.07 Å². The van der Waals surface area contributed by atoms with Crippen molar-refractivity contribution >= 4 is 5.91 Å². The molecule has 1 N–H and O–H groups in total. The van der Waals surface area contributed by atoms with Crippen molar-refractivity contribution in [3.63, 3.8) is 0 Å². The summed E-state index contributed by atoms with van der Waals surface area (Å²) in [6, 6.07) is 4.38. The predicted octanol–water partition coefficient (Wildman–Crippen LogP) is 2.55. The summed E-state index contributed by atoms with van der Waals surface area (Å²) < 4.78 is 24.6. The molecule has 0 aromatic heterocycles. The van der Waals surface area contributed by atoms with Gasteiger partial charge < -0.3 is 14.8 Å². The van der Waals surface area contributed by atoms with Gasteiger partial charge in [-0.2, -0.15) is 0 Å². The van der Waals surface area contributed by atoms with Crippen LogP contribution in [0.1, 0.15) is 41.6 Å². The minimum atomic E-state index is -0.421. The molecule has 1 aliphatic heterocycles. The van der Waals surface area contributed by atoms with Gasteiger partial charge in [0, 0.05) is 24.4 Å². The van der Waals surface area contributed by atoms with Gasteiger partial charge in [-0.05, 0) is 37.5 Å². The lowest BCUT2D eigenvalue weighted by molar-refractivity contribution is -0.179. The number of benzene rings is 1. The third kappa shape index (κ3) is 3.09. The number of aryl methyl sites for hydroxylation is 1. The van der Waals surface area contributed by atoms with Crippen molar-refractivity contribution in [3.8, 4) is 0 Å². The smallest absolute Gasteiger partial charge is 0.251 e. The van der Waals surface area contributed by atoms with Crippen molar-refractivity contribution in [2.24, 2.45) is 0 Å². The second-order valence-corrected chi connectivity index (χ2v) is 5.81. The normalized spacial score (nSPS) is 21.6. The number of nitrogens with one attached hydrogen (secondary N) is 1. The molecule has 1 amide bonds. The van der Waals surface area contributed by atoms with Crippen LogP contribution in [0.15, 0.2) is 18.2 Å². The van der Waals surface area contributed by atoms with Gasteiger partial charge in [0.15, 0.2) is 5.79 Å². The first kappa shape index (κ1) is 14.5. The van der Waals surface area contributed by atoms with Crippen LogP contribution in [-0.4, -0.2) is 30.9 Å². The van der Waals surface area contributed by atoms with Gasteiger partial charge in [0.25, 0.3) is 5.91 Å². The fourth-order valence-corrected chi connectivity index (χ4v) is 3.09. The van der Waals surface area contributed by atoms with E-state index in [1.807, 2.05) is 6.92 Å². The highest BCUT2D eigenvalue weighted by Crippen LogP contribution is 2.35. The molecule has 1 saturated heterocycles. The van der Waals surface area contributed by atoms with Gasteiger partial charge in [-0.15, -0.1) is 0 Å². The van der Waals surface area contributed by atoms with Crippen molar-refractivity contribution in [1.29, 1.82) is 0 Å². The zero-order valence-electron chi connectivity index (χ0n) is 12.2. The van der Waals surface area contributed by atoms with Crippen LogP contribution in [0, 0.1) is 12.7 Å². The molecule has 21 heavy (non-hydrogen) atoms. The Morgan fingerprint density at radius 3 is 2.62 bits per heavy atom. The highest BCUT2D eigenvalue weighted by Gasteiger charge is 2.40. The van der Waals surface area contributed by atoms with Gasteiger partial charge in [0.2, 0.25) is 0 Å². The topological polar surface area (TPSA) is 47.6 Å². The van der Waals surface area contributed by atoms with Crippen molar-refractivity contribution in [3.05, 3.63) is 35.1 Å². The number of carbonyl (C=O) groups is 1. The summed E-state index contributed by atoms with van der Waals surface area (Å²) in [7, 11) is 0. The molecule has 2 fully saturated rings. The molecular weight excluding hydrogens is 273 g/mol. The molecule has 1 aromatic rings. The molecule has 0 unspecified atom stereocenters. The van der Waals surface area contributed by atoms with E-state index in [2.05, 4.69) is 5.32 Å². The van der Waals surface area contributed by atoms with Crippen LogP contribution in [0.3, 0.4) is 0 Å². The molecule has 1 heterocycles. The van der Waals surface area contributed by atoms with E-state index in [-0.39, 0.29) is 17.8 Å². The lowest BCUT2D eigenvalue weighted by atomic mass is 9.90. The van der Waals surface area contributed by atoms with Crippen molar-refractivity contribution in [2.45, 2.75) is 44.4 Å². The number of amides is 1. The maximum Gasteiger partial charge on any atom is 0.251 e. The fourth-order valence-electron chi connectivity index (χ4n) is 3.09. The van der Waals surface area contributed by atoms with Crippen LogP contribution in [0.4, 0.5) is 4.39 Å². The minimum Gasteiger partial charge on any atom is -0.349 e. The Balaban J connectivity index is 1.60. The number of rotatable bonds is 2. The lowest BCUT2D eigenvalue weighted by Gasteiger charge is -2.35. The summed E-state index contributed by atoms with van der Waals surface area (Å²) in [4.78, 5) is 12.3. The van der Waals surface area contributed by atoms with E-state index in [1.54, 1.807) is 6.07 Å². The Labute approximate surface area is 123 Å². The van der Waals surface area contributed by atoms with Crippen LogP contribution in [0.25, 0.3) is 0 Å². The summed E-state index contributed by atoms with van der Waals surface area (Å²) in [6.45, 7) is 3.11. The molecule has 3 rings (SSSR count). The zero-order valence-corrected chi connectivity index (χ0v) is 12.2. The molecule has 2 aliphatic rings. The van der Waals surface area contributed by atoms with Crippen LogP contribution in [0.5, 0.6) is 0 Å². The number of carbonyl (C=O) groups excluding carboxylic acids is 1. The maximum absolute atomic E-state index is 13.3. The largest absolute Gasteiger partial charge is 0.349 e. The van der Waals surface area contributed by atoms with Crippen LogP contribution < -0.4 is 5.32 Å². The maximum atomic E-state index is 13.3. The molecule has 5 heteroatoms. The van der Waals surface area contributed by atoms with Crippen LogP contribution >= 0.6 is 0 Å². The first-order chi connectivity index (χ1) is 10.1. The Morgan fingerprint density at radius 1 is 1.29 bits per heavy atom. The van der Waals surface area contributed by atoms with E-state index in [0.29, 0.717) is 18.8 Å². The molecular formula is C16H20FNO3. The van der Waals surface area contributed by atoms with Gasteiger partial charge in [0.05, 0.1) is 13.2 Å². The number of hydrogen-bond acceptors (Lipinski definition) is 3. The average molecular weight is 293 g/mol. The molecule has 1 aliphatic carbocycles. The summed E-state index contributed by atoms with van der Waals surface area (Å²) in [5, 5.41) is 2.99. The molecule has 1 spiro atoms. The standard InChI is InChI=1S/C16H20FNO3/c1-11-2-3-12(17)10-14(11)15(19)18-13-4-6-16(7-5-13)20-8-9-21-16/h2-3,10,13H,4-9H2,1H3,(H,18,19). The molecule has 0 radical (unpaired) electrons. The van der Waals surface area contributed by atoms with E-state index in [9.17, 15) is 9.18 Å². The molecule has 1 saturated carbocycles. The van der Waals surface area contributed by atoms with Gasteiger partial charge in [-0.3, -0.25) is 4.79 Å². The number of halogens is 1. The highest BCUT2D eigenvalue weighted by molar-refractivity contribution is 5.95. The molecule has 4 nitrogen and oxygen atoms in total. The second kappa shape index (κ2) is 5.73. The van der Waals surface area contributed by atoms with Crippen LogP contribution in [0.2, 0.25) is 0 Å². The zero-order chi connectivity index (χ0) is 14.9. The third-order valence-electron chi connectivity index (χ3n) is 4.34. The van der Waals surface area contributed by atoms with Crippen molar-refractivity contribution in [1.82, 2.24) is 5.32 Å². The monoisotopic (exact) mass is 293 g/mol. The molecule has 0 atom stereocenters. The Hall–Kier alpha value is -1.46. The Kier molecular flexibility index (Phi) is 3.95. The summed E-state index contributed by atoms with van der Waals surface area (Å²) >= 11 is 0. The SMILES string of the molecule is Cc1ccc(F)cc1C(=O)NC1CCC2(CC1)OCCO2. The van der Waals surface area contributed by atoms with E-state index in [1.165, 1.54) is 12.1 Å². The second-order valence-electron chi connectivity index (χ2n) is 5.81. The third-order valence-corrected chi connectivity index (χ3v) is 4.34. The van der Waals surface area contributed by atoms with Crippen molar-refractivity contribution < 1.29 is 18.7 Å². The van der Waals surface area contributed by atoms with E-state index < -0.39 is 5.79 Å². The first-order valence-corrected chi connectivity index (χ1v) is 7.43. The van der Waals surface area contributed by atoms with Gasteiger partial charge in [0.1, 0.15) is 5.82 Å². The van der Waals surface area contributed by atoms with E-state index >= 15 is 0 Å². The number of ether oxygens (including phenoxy) is 2. The molecule has 114 valence electrons. The van der Waals surface area contributed by atoms with E-state index in [4.69, 9.17) is 9.47 Å². The first-order valence-electron chi connectivity index (χ1n) is 7.43. The number of hydrogen-bond donors (Lipinski definition) is 1. The Morgan fingerprint density at radius 2 is 1.95 bits per heavy atom. The Bertz CT molecular complexity index is 530. The lowest BCUT2D eigenvalue weighted by Crippen LogP contribution is -2.44. The molecule has 0 bridgehead atoms. The summed E-state index contributed by atoms with van der Waals surface area (Å²) in [6.07, 6.45) is 3.22. The van der Waals surface area contributed by atoms with Crippen LogP contribution in [-0.2, 0) is 9.47 Å². The fraction of sp³-hybridized carbons (Fsp3) is 0.562. The summed E-state index contributed by atoms with van der Waals surface area (Å²) in [5.74, 6) is -1.02. The molecule has 1 aromatic carbocycles. The quantitative estimate of drug-likeness (QED) is 0.911.